The van der Waals surface area contributed by atoms with Gasteiger partial charge in [0.2, 0.25) is 0 Å². The molecule has 1 amide bonds. The molecule has 5 nitrogen and oxygen atoms in total. The van der Waals surface area contributed by atoms with Crippen LogP contribution in [-0.2, 0) is 12.8 Å². The third-order valence-corrected chi connectivity index (χ3v) is 5.31. The molecule has 0 radical (unpaired) electrons. The standard InChI is InChI=1S/C21H26N2O3/c1-14-4-8-20(9-5-14)23(26)13-15(2)18-10-16-6-7-17(11-19(16)12-18)21(24)22(3)25/h4-9,11,15,18,25-26H,10,12-13H2,1-3H3. The van der Waals surface area contributed by atoms with Crippen molar-refractivity contribution in [3.8, 4) is 0 Å². The fourth-order valence-electron chi connectivity index (χ4n) is 3.62. The van der Waals surface area contributed by atoms with E-state index in [2.05, 4.69) is 6.92 Å². The van der Waals surface area contributed by atoms with Crippen molar-refractivity contribution in [2.75, 3.05) is 18.7 Å². The molecule has 0 heterocycles. The second-order valence-electron chi connectivity index (χ2n) is 7.38. The van der Waals surface area contributed by atoms with Crippen molar-refractivity contribution < 1.29 is 15.2 Å². The molecule has 0 aliphatic heterocycles. The lowest BCUT2D eigenvalue weighted by molar-refractivity contribution is -0.0375. The molecule has 2 unspecified atom stereocenters. The summed E-state index contributed by atoms with van der Waals surface area (Å²) in [6, 6.07) is 13.5. The molecule has 0 aromatic heterocycles. The number of carbonyl (C=O) groups is 1. The molecule has 1 aliphatic carbocycles. The van der Waals surface area contributed by atoms with E-state index in [1.54, 1.807) is 6.07 Å². The zero-order valence-corrected chi connectivity index (χ0v) is 15.5. The van der Waals surface area contributed by atoms with Crippen LogP contribution >= 0.6 is 0 Å². The molecule has 0 fully saturated rings. The van der Waals surface area contributed by atoms with Gasteiger partial charge < -0.3 is 0 Å². The van der Waals surface area contributed by atoms with E-state index in [9.17, 15) is 15.2 Å². The fourth-order valence-corrected chi connectivity index (χ4v) is 3.62. The van der Waals surface area contributed by atoms with Gasteiger partial charge in [0.25, 0.3) is 5.91 Å². The number of fused-ring (bicyclic) bond motifs is 1. The first kappa shape index (κ1) is 18.4. The summed E-state index contributed by atoms with van der Waals surface area (Å²) in [4.78, 5) is 11.9. The first-order chi connectivity index (χ1) is 12.3. The number of hydrogen-bond donors (Lipinski definition) is 2. The van der Waals surface area contributed by atoms with Crippen LogP contribution in [-0.4, -0.2) is 35.0 Å². The number of nitrogens with zero attached hydrogens (tertiary/aromatic N) is 2. The van der Waals surface area contributed by atoms with Gasteiger partial charge in [-0.15, -0.1) is 0 Å². The number of amides is 1. The molecule has 2 aromatic carbocycles. The third-order valence-electron chi connectivity index (χ3n) is 5.31. The number of carbonyl (C=O) groups excluding carboxylic acids is 1. The second-order valence-corrected chi connectivity index (χ2v) is 7.38. The molecule has 2 atom stereocenters. The molecular weight excluding hydrogens is 328 g/mol. The molecule has 26 heavy (non-hydrogen) atoms. The minimum Gasteiger partial charge on any atom is -0.288 e. The maximum Gasteiger partial charge on any atom is 0.276 e. The third kappa shape index (κ3) is 3.89. The van der Waals surface area contributed by atoms with Crippen LogP contribution in [0, 0.1) is 18.8 Å². The molecule has 0 bridgehead atoms. The molecule has 2 aromatic rings. The average Bonchev–Trinajstić information content (AvgIpc) is 3.04. The van der Waals surface area contributed by atoms with Gasteiger partial charge in [-0.3, -0.25) is 20.3 Å². The number of hydrogen-bond acceptors (Lipinski definition) is 4. The van der Waals surface area contributed by atoms with Crippen LogP contribution in [0.15, 0.2) is 42.5 Å². The van der Waals surface area contributed by atoms with E-state index in [0.717, 1.165) is 24.1 Å². The van der Waals surface area contributed by atoms with Crippen LogP contribution in [0.3, 0.4) is 0 Å². The summed E-state index contributed by atoms with van der Waals surface area (Å²) in [6.45, 7) is 4.74. The lowest BCUT2D eigenvalue weighted by Crippen LogP contribution is -2.29. The molecule has 3 rings (SSSR count). The van der Waals surface area contributed by atoms with Gasteiger partial charge in [0.15, 0.2) is 0 Å². The summed E-state index contributed by atoms with van der Waals surface area (Å²) >= 11 is 0. The molecule has 2 N–H and O–H groups in total. The Balaban J connectivity index is 1.65. The van der Waals surface area contributed by atoms with E-state index in [1.165, 1.54) is 23.2 Å². The number of rotatable bonds is 5. The highest BCUT2D eigenvalue weighted by molar-refractivity contribution is 5.93. The Morgan fingerprint density at radius 1 is 1.12 bits per heavy atom. The predicted octanol–water partition coefficient (Wildman–Crippen LogP) is 3.70. The zero-order valence-electron chi connectivity index (χ0n) is 15.5. The highest BCUT2D eigenvalue weighted by Crippen LogP contribution is 2.33. The highest BCUT2D eigenvalue weighted by Gasteiger charge is 2.28. The van der Waals surface area contributed by atoms with Crippen molar-refractivity contribution in [2.45, 2.75) is 26.7 Å². The predicted molar refractivity (Wildman–Crippen MR) is 101 cm³/mol. The summed E-state index contributed by atoms with van der Waals surface area (Å²) < 4.78 is 0. The van der Waals surface area contributed by atoms with Crippen LogP contribution < -0.4 is 5.06 Å². The maximum absolute atomic E-state index is 11.9. The average molecular weight is 354 g/mol. The van der Waals surface area contributed by atoms with E-state index in [0.29, 0.717) is 29.0 Å². The molecular formula is C21H26N2O3. The normalized spacial score (nSPS) is 16.9. The summed E-state index contributed by atoms with van der Waals surface area (Å²) in [5.74, 6) is 0.320. The zero-order chi connectivity index (χ0) is 18.8. The van der Waals surface area contributed by atoms with Gasteiger partial charge in [-0.05, 0) is 67.0 Å². The fraction of sp³-hybridized carbons (Fsp3) is 0.381. The van der Waals surface area contributed by atoms with Crippen molar-refractivity contribution in [1.82, 2.24) is 5.06 Å². The first-order valence-corrected chi connectivity index (χ1v) is 8.97. The van der Waals surface area contributed by atoms with Crippen molar-refractivity contribution >= 4 is 11.6 Å². The summed E-state index contributed by atoms with van der Waals surface area (Å²) in [7, 11) is 1.33. The SMILES string of the molecule is Cc1ccc(N(O)CC(C)C2Cc3ccc(C(=O)N(C)O)cc3C2)cc1. The van der Waals surface area contributed by atoms with Crippen LogP contribution in [0.1, 0.15) is 34.0 Å². The molecule has 0 saturated carbocycles. The van der Waals surface area contributed by atoms with Crippen molar-refractivity contribution in [2.24, 2.45) is 11.8 Å². The molecule has 5 heteroatoms. The largest absolute Gasteiger partial charge is 0.288 e. The van der Waals surface area contributed by atoms with Crippen LogP contribution in [0.5, 0.6) is 0 Å². The van der Waals surface area contributed by atoms with Gasteiger partial charge in [-0.1, -0.05) is 30.7 Å². The van der Waals surface area contributed by atoms with Crippen molar-refractivity contribution in [1.29, 1.82) is 0 Å². The number of hydroxylamine groups is 3. The first-order valence-electron chi connectivity index (χ1n) is 8.97. The Morgan fingerprint density at radius 2 is 1.77 bits per heavy atom. The van der Waals surface area contributed by atoms with Gasteiger partial charge in [0.1, 0.15) is 0 Å². The maximum atomic E-state index is 11.9. The van der Waals surface area contributed by atoms with E-state index < -0.39 is 5.91 Å². The minimum atomic E-state index is -0.398. The van der Waals surface area contributed by atoms with Crippen molar-refractivity contribution in [3.05, 3.63) is 64.7 Å². The van der Waals surface area contributed by atoms with Gasteiger partial charge in [-0.2, -0.15) is 0 Å². The van der Waals surface area contributed by atoms with E-state index in [1.807, 2.05) is 43.3 Å². The number of aryl methyl sites for hydroxylation is 1. The monoisotopic (exact) mass is 354 g/mol. The van der Waals surface area contributed by atoms with Gasteiger partial charge >= 0.3 is 0 Å². The van der Waals surface area contributed by atoms with Gasteiger partial charge in [-0.25, -0.2) is 5.06 Å². The lowest BCUT2D eigenvalue weighted by atomic mass is 9.91. The van der Waals surface area contributed by atoms with E-state index in [-0.39, 0.29) is 0 Å². The summed E-state index contributed by atoms with van der Waals surface area (Å²) in [6.07, 6.45) is 1.83. The Bertz CT molecular complexity index is 786. The van der Waals surface area contributed by atoms with Crippen LogP contribution in [0.4, 0.5) is 5.69 Å². The smallest absolute Gasteiger partial charge is 0.276 e. The Morgan fingerprint density at radius 3 is 2.42 bits per heavy atom. The van der Waals surface area contributed by atoms with E-state index in [4.69, 9.17) is 0 Å². The number of anilines is 1. The van der Waals surface area contributed by atoms with Crippen LogP contribution in [0.25, 0.3) is 0 Å². The molecule has 1 aliphatic rings. The Hall–Kier alpha value is -2.37. The van der Waals surface area contributed by atoms with Gasteiger partial charge in [0, 0.05) is 19.2 Å². The quantitative estimate of drug-likeness (QED) is 0.635. The molecule has 138 valence electrons. The highest BCUT2D eigenvalue weighted by atomic mass is 16.5. The topological polar surface area (TPSA) is 64.0 Å². The Labute approximate surface area is 154 Å². The van der Waals surface area contributed by atoms with Gasteiger partial charge in [0.05, 0.1) is 5.69 Å². The second kappa shape index (κ2) is 7.48. The molecule has 0 saturated heterocycles. The lowest BCUT2D eigenvalue weighted by Gasteiger charge is -2.25. The Kier molecular flexibility index (Phi) is 5.30. The number of benzene rings is 2. The minimum absolute atomic E-state index is 0.299. The van der Waals surface area contributed by atoms with E-state index >= 15 is 0 Å². The summed E-state index contributed by atoms with van der Waals surface area (Å²) in [5, 5.41) is 21.7. The van der Waals surface area contributed by atoms with Crippen molar-refractivity contribution in [3.63, 3.8) is 0 Å². The van der Waals surface area contributed by atoms with Crippen LogP contribution in [0.2, 0.25) is 0 Å². The summed E-state index contributed by atoms with van der Waals surface area (Å²) in [5.41, 5.74) is 4.89. The molecule has 0 spiro atoms.